The van der Waals surface area contributed by atoms with Crippen LogP contribution in [0.1, 0.15) is 18.9 Å². The van der Waals surface area contributed by atoms with Gasteiger partial charge in [0.05, 0.1) is 13.2 Å². The van der Waals surface area contributed by atoms with Crippen molar-refractivity contribution in [3.63, 3.8) is 0 Å². The van der Waals surface area contributed by atoms with Crippen LogP contribution in [0.4, 0.5) is 0 Å². The van der Waals surface area contributed by atoms with Crippen LogP contribution in [0.25, 0.3) is 11.0 Å². The zero-order chi connectivity index (χ0) is 19.1. The topological polar surface area (TPSA) is 81.0 Å². The number of nitrogens with zero attached hydrogens (tertiary/aromatic N) is 1. The molecule has 1 aliphatic heterocycles. The Kier molecular flexibility index (Phi) is 6.84. The summed E-state index contributed by atoms with van der Waals surface area (Å²) >= 11 is 0. The number of carbonyl (C=O) groups excluding carboxylic acids is 1. The monoisotopic (exact) mass is 374 g/mol. The second-order valence-electron chi connectivity index (χ2n) is 6.59. The Balaban J connectivity index is 1.52. The van der Waals surface area contributed by atoms with E-state index >= 15 is 0 Å². The summed E-state index contributed by atoms with van der Waals surface area (Å²) in [7, 11) is 0. The Morgan fingerprint density at radius 1 is 1.26 bits per heavy atom. The zero-order valence-corrected chi connectivity index (χ0v) is 15.7. The van der Waals surface area contributed by atoms with Gasteiger partial charge in [-0.15, -0.1) is 0 Å². The maximum absolute atomic E-state index is 12.0. The molecule has 1 amide bonds. The van der Waals surface area contributed by atoms with Gasteiger partial charge in [0.1, 0.15) is 11.3 Å². The highest BCUT2D eigenvalue weighted by molar-refractivity contribution is 5.82. The molecule has 146 valence electrons. The number of morpholine rings is 1. The molecule has 1 saturated heterocycles. The molecule has 2 aromatic rings. The van der Waals surface area contributed by atoms with Gasteiger partial charge in [0.25, 0.3) is 5.91 Å². The molecule has 27 heavy (non-hydrogen) atoms. The molecule has 0 aliphatic carbocycles. The van der Waals surface area contributed by atoms with E-state index in [-0.39, 0.29) is 18.1 Å². The largest absolute Gasteiger partial charge is 0.484 e. The lowest BCUT2D eigenvalue weighted by Crippen LogP contribution is -2.42. The standard InChI is InChI=1S/C20H26N2O5/c1-2-3-15-12-20(24)27-18-13-16(4-5-17(15)18)26-14-19(23)21-6-7-22-8-10-25-11-9-22/h4-5,12-13H,2-3,6-11,14H2,1H3,(H,21,23). The maximum Gasteiger partial charge on any atom is 0.336 e. The van der Waals surface area contributed by atoms with Gasteiger partial charge in [-0.05, 0) is 24.1 Å². The number of nitrogens with one attached hydrogen (secondary N) is 1. The summed E-state index contributed by atoms with van der Waals surface area (Å²) in [5.41, 5.74) is 1.08. The fraction of sp³-hybridized carbons (Fsp3) is 0.500. The highest BCUT2D eigenvalue weighted by Gasteiger charge is 2.11. The zero-order valence-electron chi connectivity index (χ0n) is 15.7. The van der Waals surface area contributed by atoms with Gasteiger partial charge < -0.3 is 19.2 Å². The molecular formula is C20H26N2O5. The van der Waals surface area contributed by atoms with E-state index in [1.165, 1.54) is 6.07 Å². The van der Waals surface area contributed by atoms with Crippen LogP contribution < -0.4 is 15.7 Å². The lowest BCUT2D eigenvalue weighted by molar-refractivity contribution is -0.123. The first kappa shape index (κ1) is 19.4. The molecule has 0 saturated carbocycles. The Bertz CT molecular complexity index is 827. The highest BCUT2D eigenvalue weighted by atomic mass is 16.5. The van der Waals surface area contributed by atoms with Gasteiger partial charge >= 0.3 is 5.63 Å². The van der Waals surface area contributed by atoms with Crippen molar-refractivity contribution in [2.24, 2.45) is 0 Å². The Morgan fingerprint density at radius 2 is 2.07 bits per heavy atom. The Hall–Kier alpha value is -2.38. The van der Waals surface area contributed by atoms with Crippen LogP contribution in [-0.4, -0.2) is 56.8 Å². The first-order chi connectivity index (χ1) is 13.2. The van der Waals surface area contributed by atoms with Crippen molar-refractivity contribution in [1.82, 2.24) is 10.2 Å². The van der Waals surface area contributed by atoms with Gasteiger partial charge in [0.2, 0.25) is 0 Å². The van der Waals surface area contributed by atoms with Gasteiger partial charge in [-0.3, -0.25) is 9.69 Å². The van der Waals surface area contributed by atoms with Crippen molar-refractivity contribution in [3.8, 4) is 5.75 Å². The first-order valence-corrected chi connectivity index (χ1v) is 9.42. The highest BCUT2D eigenvalue weighted by Crippen LogP contribution is 2.23. The Morgan fingerprint density at radius 3 is 2.85 bits per heavy atom. The summed E-state index contributed by atoms with van der Waals surface area (Å²) in [5.74, 6) is 0.326. The number of ether oxygens (including phenoxy) is 2. The van der Waals surface area contributed by atoms with E-state index in [4.69, 9.17) is 13.9 Å². The van der Waals surface area contributed by atoms with E-state index in [9.17, 15) is 9.59 Å². The van der Waals surface area contributed by atoms with E-state index in [0.29, 0.717) is 17.9 Å². The molecule has 7 heteroatoms. The van der Waals surface area contributed by atoms with E-state index in [1.807, 2.05) is 6.07 Å². The molecule has 0 bridgehead atoms. The normalized spacial score (nSPS) is 15.0. The number of aryl methyl sites for hydroxylation is 1. The molecule has 1 N–H and O–H groups in total. The van der Waals surface area contributed by atoms with E-state index in [0.717, 1.165) is 56.6 Å². The lowest BCUT2D eigenvalue weighted by atomic mass is 10.1. The molecule has 0 spiro atoms. The van der Waals surface area contributed by atoms with Crippen LogP contribution in [0.3, 0.4) is 0 Å². The minimum Gasteiger partial charge on any atom is -0.484 e. The number of hydrogen-bond donors (Lipinski definition) is 1. The van der Waals surface area contributed by atoms with Crippen molar-refractivity contribution >= 4 is 16.9 Å². The molecule has 0 radical (unpaired) electrons. The van der Waals surface area contributed by atoms with Gasteiger partial charge in [-0.25, -0.2) is 4.79 Å². The maximum atomic E-state index is 12.0. The molecule has 1 aliphatic rings. The van der Waals surface area contributed by atoms with Gasteiger partial charge in [-0.1, -0.05) is 13.3 Å². The molecule has 0 unspecified atom stereocenters. The number of benzene rings is 1. The summed E-state index contributed by atoms with van der Waals surface area (Å²) in [6, 6.07) is 6.86. The summed E-state index contributed by atoms with van der Waals surface area (Å²) in [6.07, 6.45) is 1.76. The molecule has 0 atom stereocenters. The molecular weight excluding hydrogens is 348 g/mol. The quantitative estimate of drug-likeness (QED) is 0.707. The molecule has 3 rings (SSSR count). The number of hydrogen-bond acceptors (Lipinski definition) is 6. The fourth-order valence-corrected chi connectivity index (χ4v) is 3.15. The van der Waals surface area contributed by atoms with Crippen molar-refractivity contribution < 1.29 is 18.7 Å². The van der Waals surface area contributed by atoms with Crippen molar-refractivity contribution in [2.75, 3.05) is 46.0 Å². The van der Waals surface area contributed by atoms with Gasteiger partial charge in [-0.2, -0.15) is 0 Å². The number of rotatable bonds is 8. The summed E-state index contributed by atoms with van der Waals surface area (Å²) < 4.78 is 16.1. The predicted molar refractivity (Wildman–Crippen MR) is 102 cm³/mol. The Labute approximate surface area is 158 Å². The molecule has 1 aromatic carbocycles. The second-order valence-corrected chi connectivity index (χ2v) is 6.59. The minimum atomic E-state index is -0.371. The summed E-state index contributed by atoms with van der Waals surface area (Å²) in [5, 5.41) is 3.75. The number of amides is 1. The average molecular weight is 374 g/mol. The number of carbonyl (C=O) groups is 1. The third-order valence-corrected chi connectivity index (χ3v) is 4.54. The van der Waals surface area contributed by atoms with Crippen molar-refractivity contribution in [2.45, 2.75) is 19.8 Å². The fourth-order valence-electron chi connectivity index (χ4n) is 3.15. The molecule has 2 heterocycles. The SMILES string of the molecule is CCCc1cc(=O)oc2cc(OCC(=O)NCCN3CCOCC3)ccc12. The molecule has 7 nitrogen and oxygen atoms in total. The van der Waals surface area contributed by atoms with Gasteiger partial charge in [0, 0.05) is 43.7 Å². The third kappa shape index (κ3) is 5.55. The minimum absolute atomic E-state index is 0.0759. The van der Waals surface area contributed by atoms with Crippen LogP contribution in [-0.2, 0) is 16.0 Å². The van der Waals surface area contributed by atoms with Crippen molar-refractivity contribution in [1.29, 1.82) is 0 Å². The van der Waals surface area contributed by atoms with Crippen LogP contribution in [0.15, 0.2) is 33.5 Å². The molecule has 1 aromatic heterocycles. The lowest BCUT2D eigenvalue weighted by Gasteiger charge is -2.26. The van der Waals surface area contributed by atoms with Crippen LogP contribution in [0.5, 0.6) is 5.75 Å². The smallest absolute Gasteiger partial charge is 0.336 e. The van der Waals surface area contributed by atoms with Crippen LogP contribution >= 0.6 is 0 Å². The third-order valence-electron chi connectivity index (χ3n) is 4.54. The van der Waals surface area contributed by atoms with E-state index in [1.54, 1.807) is 12.1 Å². The average Bonchev–Trinajstić information content (AvgIpc) is 2.67. The van der Waals surface area contributed by atoms with Crippen molar-refractivity contribution in [3.05, 3.63) is 40.2 Å². The van der Waals surface area contributed by atoms with Crippen LogP contribution in [0.2, 0.25) is 0 Å². The van der Waals surface area contributed by atoms with Gasteiger partial charge in [0.15, 0.2) is 6.61 Å². The van der Waals surface area contributed by atoms with E-state index < -0.39 is 0 Å². The predicted octanol–water partition coefficient (Wildman–Crippen LogP) is 1.57. The summed E-state index contributed by atoms with van der Waals surface area (Å²) in [4.78, 5) is 25.9. The van der Waals surface area contributed by atoms with E-state index in [2.05, 4.69) is 17.1 Å². The second kappa shape index (κ2) is 9.53. The summed E-state index contributed by atoms with van der Waals surface area (Å²) in [6.45, 7) is 6.66. The number of fused-ring (bicyclic) bond motifs is 1. The first-order valence-electron chi connectivity index (χ1n) is 9.42. The molecule has 1 fully saturated rings. The van der Waals surface area contributed by atoms with Crippen LogP contribution in [0, 0.1) is 0 Å².